The van der Waals surface area contributed by atoms with Crippen LogP contribution in [0.4, 0.5) is 11.4 Å². The van der Waals surface area contributed by atoms with Gasteiger partial charge in [0.1, 0.15) is 5.75 Å². The molecule has 2 aromatic rings. The van der Waals surface area contributed by atoms with Gasteiger partial charge in [-0.15, -0.1) is 0 Å². The molecule has 0 radical (unpaired) electrons. The van der Waals surface area contributed by atoms with Gasteiger partial charge in [0.25, 0.3) is 0 Å². The highest BCUT2D eigenvalue weighted by atomic mass is 16.5. The van der Waals surface area contributed by atoms with Crippen LogP contribution in [0.25, 0.3) is 0 Å². The Morgan fingerprint density at radius 2 is 1.92 bits per heavy atom. The number of amides is 2. The predicted octanol–water partition coefficient (Wildman–Crippen LogP) is 2.75. The Morgan fingerprint density at radius 3 is 2.54 bits per heavy atom. The van der Waals surface area contributed by atoms with Crippen molar-refractivity contribution in [1.82, 2.24) is 0 Å². The Kier molecular flexibility index (Phi) is 5.18. The second-order valence-electron chi connectivity index (χ2n) is 6.12. The topological polar surface area (TPSA) is 82.4 Å². The number of carbonyl (C=O) groups excluding carboxylic acids is 2. The highest BCUT2D eigenvalue weighted by Gasteiger charge is 2.35. The molecule has 132 valence electrons. The van der Waals surface area contributed by atoms with Crippen molar-refractivity contribution < 1.29 is 14.3 Å². The van der Waals surface area contributed by atoms with Crippen LogP contribution in [0.5, 0.6) is 5.75 Å². The zero-order valence-electron chi connectivity index (χ0n) is 14.4. The molecule has 1 fully saturated rings. The number of nitrogens with zero attached hydrogens (tertiary/aromatic N) is 2. The van der Waals surface area contributed by atoms with Gasteiger partial charge in [-0.1, -0.05) is 12.1 Å². The molecule has 26 heavy (non-hydrogen) atoms. The van der Waals surface area contributed by atoms with Gasteiger partial charge >= 0.3 is 0 Å². The van der Waals surface area contributed by atoms with Crippen LogP contribution in [0.15, 0.2) is 48.5 Å². The molecular formula is C20H19N3O3. The van der Waals surface area contributed by atoms with Gasteiger partial charge in [0.2, 0.25) is 11.8 Å². The lowest BCUT2D eigenvalue weighted by Crippen LogP contribution is -2.28. The van der Waals surface area contributed by atoms with E-state index in [0.29, 0.717) is 18.7 Å². The van der Waals surface area contributed by atoms with Crippen LogP contribution in [0, 0.1) is 17.2 Å². The standard InChI is InChI=1S/C20H19N3O3/c1-26-18-8-6-17(7-9-18)23-13-15(12-19(23)24)20(25)22-16-4-2-14(3-5-16)10-11-21/h2-9,15H,10,12-13H2,1H3,(H,22,25). The third kappa shape index (κ3) is 3.83. The summed E-state index contributed by atoms with van der Waals surface area (Å²) in [6, 6.07) is 16.4. The van der Waals surface area contributed by atoms with Crippen molar-refractivity contribution in [1.29, 1.82) is 5.26 Å². The Hall–Kier alpha value is -3.33. The summed E-state index contributed by atoms with van der Waals surface area (Å²) in [6.45, 7) is 0.351. The molecule has 1 aliphatic heterocycles. The molecule has 0 aromatic heterocycles. The average molecular weight is 349 g/mol. The first-order chi connectivity index (χ1) is 12.6. The van der Waals surface area contributed by atoms with E-state index in [1.807, 2.05) is 24.3 Å². The molecule has 1 N–H and O–H groups in total. The maximum Gasteiger partial charge on any atom is 0.229 e. The summed E-state index contributed by atoms with van der Waals surface area (Å²) in [7, 11) is 1.59. The summed E-state index contributed by atoms with van der Waals surface area (Å²) in [5.41, 5.74) is 2.31. The number of anilines is 2. The summed E-state index contributed by atoms with van der Waals surface area (Å²) < 4.78 is 5.12. The van der Waals surface area contributed by atoms with Gasteiger partial charge in [-0.05, 0) is 42.0 Å². The number of benzene rings is 2. The van der Waals surface area contributed by atoms with Gasteiger partial charge < -0.3 is 15.0 Å². The van der Waals surface area contributed by atoms with Crippen molar-refractivity contribution in [3.8, 4) is 11.8 Å². The third-order valence-electron chi connectivity index (χ3n) is 4.38. The lowest BCUT2D eigenvalue weighted by Gasteiger charge is -2.17. The molecule has 2 aromatic carbocycles. The highest BCUT2D eigenvalue weighted by Crippen LogP contribution is 2.27. The zero-order valence-corrected chi connectivity index (χ0v) is 14.4. The fourth-order valence-electron chi connectivity index (χ4n) is 2.94. The Labute approximate surface area is 152 Å². The van der Waals surface area contributed by atoms with Crippen molar-refractivity contribution in [3.05, 3.63) is 54.1 Å². The van der Waals surface area contributed by atoms with Crippen molar-refractivity contribution in [2.24, 2.45) is 5.92 Å². The second kappa shape index (κ2) is 7.70. The molecule has 2 amide bonds. The van der Waals surface area contributed by atoms with Gasteiger partial charge in [0.15, 0.2) is 0 Å². The lowest BCUT2D eigenvalue weighted by atomic mass is 10.1. The van der Waals surface area contributed by atoms with Crippen molar-refractivity contribution in [2.45, 2.75) is 12.8 Å². The first-order valence-electron chi connectivity index (χ1n) is 8.32. The quantitative estimate of drug-likeness (QED) is 0.900. The molecule has 1 unspecified atom stereocenters. The molecule has 1 atom stereocenters. The molecule has 1 heterocycles. The molecule has 6 nitrogen and oxygen atoms in total. The van der Waals surface area contributed by atoms with Crippen LogP contribution >= 0.6 is 0 Å². The number of nitriles is 1. The molecule has 6 heteroatoms. The fraction of sp³-hybridized carbons (Fsp3) is 0.250. The summed E-state index contributed by atoms with van der Waals surface area (Å²) in [5.74, 6) is 0.0694. The van der Waals surface area contributed by atoms with Gasteiger partial charge in [-0.2, -0.15) is 5.26 Å². The molecule has 0 bridgehead atoms. The molecule has 1 aliphatic rings. The van der Waals surface area contributed by atoms with Crippen LogP contribution in [0.3, 0.4) is 0 Å². The summed E-state index contributed by atoms with van der Waals surface area (Å²) >= 11 is 0. The predicted molar refractivity (Wildman–Crippen MR) is 97.8 cm³/mol. The minimum Gasteiger partial charge on any atom is -0.497 e. The van der Waals surface area contributed by atoms with Crippen LogP contribution < -0.4 is 15.0 Å². The maximum atomic E-state index is 12.5. The number of methoxy groups -OCH3 is 1. The summed E-state index contributed by atoms with van der Waals surface area (Å²) in [6.07, 6.45) is 0.520. The van der Waals surface area contributed by atoms with Crippen molar-refractivity contribution in [3.63, 3.8) is 0 Å². The van der Waals surface area contributed by atoms with Crippen LogP contribution in [-0.2, 0) is 16.0 Å². The van der Waals surface area contributed by atoms with E-state index < -0.39 is 5.92 Å². The van der Waals surface area contributed by atoms with Gasteiger partial charge in [-0.3, -0.25) is 9.59 Å². The number of nitrogens with one attached hydrogen (secondary N) is 1. The first kappa shape index (κ1) is 17.5. The average Bonchev–Trinajstić information content (AvgIpc) is 3.05. The smallest absolute Gasteiger partial charge is 0.229 e. The Morgan fingerprint density at radius 1 is 1.23 bits per heavy atom. The minimum absolute atomic E-state index is 0.0697. The second-order valence-corrected chi connectivity index (χ2v) is 6.12. The SMILES string of the molecule is COc1ccc(N2CC(C(=O)Nc3ccc(CC#N)cc3)CC2=O)cc1. The van der Waals surface area contributed by atoms with E-state index in [1.165, 1.54) is 0 Å². The van der Waals surface area contributed by atoms with E-state index >= 15 is 0 Å². The number of carbonyl (C=O) groups is 2. The van der Waals surface area contributed by atoms with E-state index in [0.717, 1.165) is 17.0 Å². The zero-order chi connectivity index (χ0) is 18.5. The largest absolute Gasteiger partial charge is 0.497 e. The molecule has 1 saturated heterocycles. The van der Waals surface area contributed by atoms with Crippen LogP contribution in [0.2, 0.25) is 0 Å². The van der Waals surface area contributed by atoms with Crippen molar-refractivity contribution >= 4 is 23.2 Å². The normalized spacial score (nSPS) is 16.2. The van der Waals surface area contributed by atoms with Crippen LogP contribution in [0.1, 0.15) is 12.0 Å². The van der Waals surface area contributed by atoms with E-state index in [9.17, 15) is 9.59 Å². The first-order valence-corrected chi connectivity index (χ1v) is 8.32. The molecule has 0 spiro atoms. The van der Waals surface area contributed by atoms with Crippen LogP contribution in [-0.4, -0.2) is 25.5 Å². The van der Waals surface area contributed by atoms with Gasteiger partial charge in [0, 0.05) is 24.3 Å². The molecule has 3 rings (SSSR count). The summed E-state index contributed by atoms with van der Waals surface area (Å²) in [5, 5.41) is 11.5. The number of hydrogen-bond donors (Lipinski definition) is 1. The number of rotatable bonds is 5. The monoisotopic (exact) mass is 349 g/mol. The van der Waals surface area contributed by atoms with Gasteiger partial charge in [0.05, 0.1) is 25.5 Å². The minimum atomic E-state index is -0.400. The fourth-order valence-corrected chi connectivity index (χ4v) is 2.94. The van der Waals surface area contributed by atoms with E-state index in [-0.39, 0.29) is 18.2 Å². The molecule has 0 aliphatic carbocycles. The Balaban J connectivity index is 1.63. The van der Waals surface area contributed by atoms with E-state index in [1.54, 1.807) is 36.3 Å². The number of hydrogen-bond acceptors (Lipinski definition) is 4. The van der Waals surface area contributed by atoms with Crippen molar-refractivity contribution in [2.75, 3.05) is 23.9 Å². The van der Waals surface area contributed by atoms with E-state index in [4.69, 9.17) is 10.00 Å². The Bertz CT molecular complexity index is 838. The summed E-state index contributed by atoms with van der Waals surface area (Å²) in [4.78, 5) is 26.4. The maximum absolute atomic E-state index is 12.5. The molecule has 0 saturated carbocycles. The van der Waals surface area contributed by atoms with E-state index in [2.05, 4.69) is 11.4 Å². The number of ether oxygens (including phenoxy) is 1. The van der Waals surface area contributed by atoms with Gasteiger partial charge in [-0.25, -0.2) is 0 Å². The highest BCUT2D eigenvalue weighted by molar-refractivity contribution is 6.03. The third-order valence-corrected chi connectivity index (χ3v) is 4.38. The molecular weight excluding hydrogens is 330 g/mol. The lowest BCUT2D eigenvalue weighted by molar-refractivity contribution is -0.122.